The summed E-state index contributed by atoms with van der Waals surface area (Å²) in [6, 6.07) is 0. The number of hydrogen-bond donors (Lipinski definition) is 3. The van der Waals surface area contributed by atoms with E-state index in [1.54, 1.807) is 6.20 Å². The number of rotatable bonds is 1. The van der Waals surface area contributed by atoms with Crippen LogP contribution in [-0.2, 0) is 0 Å². The largest absolute Gasteiger partial charge is 0.395 e. The molecule has 0 saturated carbocycles. The molecule has 4 heteroatoms. The maximum Gasteiger partial charge on any atom is 0.145 e. The molecule has 0 saturated heterocycles. The highest BCUT2D eigenvalue weighted by atomic mass is 15.2. The van der Waals surface area contributed by atoms with Crippen molar-refractivity contribution in [1.82, 2.24) is 5.32 Å². The summed E-state index contributed by atoms with van der Waals surface area (Å²) in [6.07, 6.45) is 1.71. The van der Waals surface area contributed by atoms with E-state index in [0.29, 0.717) is 17.5 Å². The van der Waals surface area contributed by atoms with Gasteiger partial charge < -0.3 is 16.8 Å². The van der Waals surface area contributed by atoms with Gasteiger partial charge in [0, 0.05) is 6.20 Å². The number of nitrogens with one attached hydrogen (secondary N) is 1. The number of hydrogen-bond acceptors (Lipinski definition) is 4. The molecule has 0 amide bonds. The van der Waals surface area contributed by atoms with Crippen molar-refractivity contribution >= 4 is 5.84 Å². The molecular weight excluding hydrogens is 152 g/mol. The summed E-state index contributed by atoms with van der Waals surface area (Å²) < 4.78 is 0. The van der Waals surface area contributed by atoms with Crippen molar-refractivity contribution in [3.05, 3.63) is 11.9 Å². The third-order valence-corrected chi connectivity index (χ3v) is 2.29. The number of aliphatic imine (C=N–C) groups is 1. The fourth-order valence-electron chi connectivity index (χ4n) is 0.941. The molecule has 0 bridgehead atoms. The van der Waals surface area contributed by atoms with Crippen LogP contribution >= 0.6 is 0 Å². The van der Waals surface area contributed by atoms with Gasteiger partial charge >= 0.3 is 0 Å². The minimum Gasteiger partial charge on any atom is -0.395 e. The zero-order valence-corrected chi connectivity index (χ0v) is 7.76. The van der Waals surface area contributed by atoms with Crippen molar-refractivity contribution < 1.29 is 0 Å². The molecule has 1 unspecified atom stereocenters. The van der Waals surface area contributed by atoms with Crippen LogP contribution in [0.2, 0.25) is 0 Å². The SMILES string of the molecule is CC(C)C1(C)N=C(N)C(N)=CN1. The molecule has 1 aliphatic rings. The van der Waals surface area contributed by atoms with Gasteiger partial charge in [0.15, 0.2) is 0 Å². The van der Waals surface area contributed by atoms with E-state index in [1.165, 1.54) is 0 Å². The highest BCUT2D eigenvalue weighted by Gasteiger charge is 2.29. The topological polar surface area (TPSA) is 76.4 Å². The third-order valence-electron chi connectivity index (χ3n) is 2.29. The number of nitrogens with zero attached hydrogens (tertiary/aromatic N) is 1. The Morgan fingerprint density at radius 2 is 2.08 bits per heavy atom. The summed E-state index contributed by atoms with van der Waals surface area (Å²) in [5, 5.41) is 3.12. The van der Waals surface area contributed by atoms with Gasteiger partial charge in [0.1, 0.15) is 11.5 Å². The molecule has 1 rings (SSSR count). The van der Waals surface area contributed by atoms with Crippen LogP contribution in [0.15, 0.2) is 16.9 Å². The molecule has 1 atom stereocenters. The molecule has 0 spiro atoms. The molecule has 0 radical (unpaired) electrons. The van der Waals surface area contributed by atoms with E-state index < -0.39 is 0 Å². The molecule has 0 aliphatic carbocycles. The monoisotopic (exact) mass is 168 g/mol. The van der Waals surface area contributed by atoms with Gasteiger partial charge in [0.05, 0.1) is 5.70 Å². The van der Waals surface area contributed by atoms with E-state index in [4.69, 9.17) is 11.5 Å². The van der Waals surface area contributed by atoms with Crippen LogP contribution in [0.3, 0.4) is 0 Å². The Morgan fingerprint density at radius 1 is 1.50 bits per heavy atom. The first-order valence-corrected chi connectivity index (χ1v) is 4.05. The summed E-state index contributed by atoms with van der Waals surface area (Å²) in [5.74, 6) is 0.797. The Hall–Kier alpha value is -1.19. The zero-order valence-electron chi connectivity index (χ0n) is 7.76. The van der Waals surface area contributed by atoms with Crippen molar-refractivity contribution in [1.29, 1.82) is 0 Å². The normalized spacial score (nSPS) is 29.3. The molecule has 4 nitrogen and oxygen atoms in total. The molecule has 0 fully saturated rings. The lowest BCUT2D eigenvalue weighted by Crippen LogP contribution is -2.48. The average Bonchev–Trinajstić information content (AvgIpc) is 1.97. The number of nitrogens with two attached hydrogens (primary N) is 2. The molecule has 12 heavy (non-hydrogen) atoms. The van der Waals surface area contributed by atoms with E-state index in [0.717, 1.165) is 0 Å². The van der Waals surface area contributed by atoms with E-state index >= 15 is 0 Å². The van der Waals surface area contributed by atoms with E-state index in [2.05, 4.69) is 24.2 Å². The van der Waals surface area contributed by atoms with Crippen molar-refractivity contribution in [3.63, 3.8) is 0 Å². The van der Waals surface area contributed by atoms with E-state index in [9.17, 15) is 0 Å². The van der Waals surface area contributed by atoms with E-state index in [1.807, 2.05) is 6.92 Å². The lowest BCUT2D eigenvalue weighted by atomic mass is 9.98. The van der Waals surface area contributed by atoms with Crippen LogP contribution in [0, 0.1) is 5.92 Å². The smallest absolute Gasteiger partial charge is 0.145 e. The maximum atomic E-state index is 5.61. The highest BCUT2D eigenvalue weighted by Crippen LogP contribution is 2.20. The zero-order chi connectivity index (χ0) is 9.35. The first kappa shape index (κ1) is 8.90. The van der Waals surface area contributed by atoms with Crippen LogP contribution in [0.1, 0.15) is 20.8 Å². The van der Waals surface area contributed by atoms with Crippen molar-refractivity contribution in [3.8, 4) is 0 Å². The Kier molecular flexibility index (Phi) is 2.00. The van der Waals surface area contributed by atoms with Gasteiger partial charge in [-0.25, -0.2) is 4.99 Å². The molecule has 0 aromatic heterocycles. The van der Waals surface area contributed by atoms with Crippen molar-refractivity contribution in [2.75, 3.05) is 0 Å². The number of amidine groups is 1. The predicted molar refractivity (Wildman–Crippen MR) is 50.3 cm³/mol. The molecule has 1 aliphatic heterocycles. The summed E-state index contributed by atoms with van der Waals surface area (Å²) in [4.78, 5) is 4.28. The van der Waals surface area contributed by atoms with Crippen molar-refractivity contribution in [2.24, 2.45) is 22.4 Å². The van der Waals surface area contributed by atoms with Crippen LogP contribution in [0.4, 0.5) is 0 Å². The third kappa shape index (κ3) is 1.37. The Bertz CT molecular complexity index is 241. The fourth-order valence-corrected chi connectivity index (χ4v) is 0.941. The Balaban J connectivity index is 2.90. The quantitative estimate of drug-likeness (QED) is 0.520. The lowest BCUT2D eigenvalue weighted by Gasteiger charge is -2.33. The first-order chi connectivity index (χ1) is 5.46. The lowest BCUT2D eigenvalue weighted by molar-refractivity contribution is 0.301. The van der Waals surface area contributed by atoms with Gasteiger partial charge in [-0.05, 0) is 12.8 Å². The van der Waals surface area contributed by atoms with Crippen LogP contribution < -0.4 is 16.8 Å². The summed E-state index contributed by atoms with van der Waals surface area (Å²) >= 11 is 0. The van der Waals surface area contributed by atoms with E-state index in [-0.39, 0.29) is 5.66 Å². The van der Waals surface area contributed by atoms with Crippen LogP contribution in [0.25, 0.3) is 0 Å². The second kappa shape index (κ2) is 2.69. The summed E-state index contributed by atoms with van der Waals surface area (Å²) in [7, 11) is 0. The average molecular weight is 168 g/mol. The highest BCUT2D eigenvalue weighted by molar-refractivity contribution is 5.96. The Morgan fingerprint density at radius 3 is 2.50 bits per heavy atom. The van der Waals surface area contributed by atoms with Gasteiger partial charge in [-0.2, -0.15) is 0 Å². The van der Waals surface area contributed by atoms with Gasteiger partial charge in [-0.3, -0.25) is 0 Å². The Labute approximate surface area is 72.7 Å². The van der Waals surface area contributed by atoms with Crippen LogP contribution in [-0.4, -0.2) is 11.5 Å². The molecule has 1 heterocycles. The predicted octanol–water partition coefficient (Wildman–Crippen LogP) is 0.119. The standard InChI is InChI=1S/C8H16N4/c1-5(2)8(3)11-4-6(9)7(10)12-8/h4-5,11H,9H2,1-3H3,(H2,10,12). The molecular formula is C8H16N4. The maximum absolute atomic E-state index is 5.61. The first-order valence-electron chi connectivity index (χ1n) is 4.05. The summed E-state index contributed by atoms with van der Waals surface area (Å²) in [6.45, 7) is 6.16. The summed E-state index contributed by atoms with van der Waals surface area (Å²) in [5.41, 5.74) is 11.3. The minimum absolute atomic E-state index is 0.313. The van der Waals surface area contributed by atoms with Crippen LogP contribution in [0.5, 0.6) is 0 Å². The fraction of sp³-hybridized carbons (Fsp3) is 0.625. The van der Waals surface area contributed by atoms with Gasteiger partial charge in [0.25, 0.3) is 0 Å². The second-order valence-electron chi connectivity index (χ2n) is 3.54. The van der Waals surface area contributed by atoms with Gasteiger partial charge in [-0.1, -0.05) is 13.8 Å². The molecule has 5 N–H and O–H groups in total. The second-order valence-corrected chi connectivity index (χ2v) is 3.54. The molecule has 0 aromatic carbocycles. The molecule has 68 valence electrons. The minimum atomic E-state index is -0.313. The van der Waals surface area contributed by atoms with Gasteiger partial charge in [0.2, 0.25) is 0 Å². The molecule has 0 aromatic rings. The van der Waals surface area contributed by atoms with Crippen molar-refractivity contribution in [2.45, 2.75) is 26.4 Å². The van der Waals surface area contributed by atoms with Gasteiger partial charge in [-0.15, -0.1) is 0 Å².